The molecule has 0 aliphatic rings. The summed E-state index contributed by atoms with van der Waals surface area (Å²) < 4.78 is 0. The van der Waals surface area contributed by atoms with E-state index in [1.807, 2.05) is 13.2 Å². The molecular weight excluding hydrogens is 162 g/mol. The zero-order chi connectivity index (χ0) is 9.26. The van der Waals surface area contributed by atoms with E-state index in [0.717, 1.165) is 12.2 Å². The third kappa shape index (κ3) is 1.55. The molecular formula is C10H13N3. The summed E-state index contributed by atoms with van der Waals surface area (Å²) in [6.45, 7) is 2.91. The van der Waals surface area contributed by atoms with E-state index in [9.17, 15) is 0 Å². The van der Waals surface area contributed by atoms with Crippen molar-refractivity contribution in [2.75, 3.05) is 7.05 Å². The molecule has 2 N–H and O–H groups in total. The molecule has 0 aliphatic carbocycles. The minimum absolute atomic E-state index is 0.857. The fourth-order valence-electron chi connectivity index (χ4n) is 1.47. The van der Waals surface area contributed by atoms with Gasteiger partial charge in [-0.1, -0.05) is 0 Å². The van der Waals surface area contributed by atoms with Gasteiger partial charge < -0.3 is 10.3 Å². The lowest BCUT2D eigenvalue weighted by atomic mass is 10.2. The molecule has 68 valence electrons. The monoisotopic (exact) mass is 175 g/mol. The van der Waals surface area contributed by atoms with Crippen LogP contribution in [0.3, 0.4) is 0 Å². The lowest BCUT2D eigenvalue weighted by molar-refractivity contribution is 0.799. The number of rotatable bonds is 2. The van der Waals surface area contributed by atoms with Crippen LogP contribution in [0.25, 0.3) is 11.0 Å². The van der Waals surface area contributed by atoms with E-state index in [-0.39, 0.29) is 0 Å². The lowest BCUT2D eigenvalue weighted by Crippen LogP contribution is -2.04. The van der Waals surface area contributed by atoms with Gasteiger partial charge in [0.2, 0.25) is 0 Å². The van der Waals surface area contributed by atoms with Crippen LogP contribution in [0.1, 0.15) is 11.3 Å². The number of aryl methyl sites for hydroxylation is 1. The van der Waals surface area contributed by atoms with Crippen molar-refractivity contribution in [3.05, 3.63) is 29.6 Å². The van der Waals surface area contributed by atoms with Crippen LogP contribution >= 0.6 is 0 Å². The van der Waals surface area contributed by atoms with Crippen molar-refractivity contribution in [3.8, 4) is 0 Å². The van der Waals surface area contributed by atoms with Crippen molar-refractivity contribution < 1.29 is 0 Å². The summed E-state index contributed by atoms with van der Waals surface area (Å²) in [5, 5.41) is 4.29. The molecule has 0 saturated heterocycles. The molecule has 0 saturated carbocycles. The zero-order valence-corrected chi connectivity index (χ0v) is 7.89. The van der Waals surface area contributed by atoms with Gasteiger partial charge in [-0.2, -0.15) is 0 Å². The Labute approximate surface area is 77.2 Å². The van der Waals surface area contributed by atoms with E-state index in [1.165, 1.54) is 16.6 Å². The Morgan fingerprint density at radius 3 is 3.08 bits per heavy atom. The highest BCUT2D eigenvalue weighted by Gasteiger charge is 2.00. The average molecular weight is 175 g/mol. The van der Waals surface area contributed by atoms with Crippen LogP contribution in [-0.2, 0) is 6.54 Å². The topological polar surface area (TPSA) is 40.7 Å². The van der Waals surface area contributed by atoms with E-state index >= 15 is 0 Å². The summed E-state index contributed by atoms with van der Waals surface area (Å²) in [4.78, 5) is 7.55. The Hall–Kier alpha value is -1.35. The molecule has 2 aromatic rings. The number of H-pyrrole nitrogens is 1. The van der Waals surface area contributed by atoms with Crippen molar-refractivity contribution in [3.63, 3.8) is 0 Å². The normalized spacial score (nSPS) is 10.9. The van der Waals surface area contributed by atoms with Crippen LogP contribution in [0.15, 0.2) is 18.3 Å². The number of nitrogens with zero attached hydrogens (tertiary/aromatic N) is 1. The van der Waals surface area contributed by atoms with E-state index in [2.05, 4.69) is 34.3 Å². The van der Waals surface area contributed by atoms with Crippen LogP contribution in [0, 0.1) is 6.92 Å². The van der Waals surface area contributed by atoms with Gasteiger partial charge in [-0.15, -0.1) is 0 Å². The molecule has 0 radical (unpaired) electrons. The minimum Gasteiger partial charge on any atom is -0.342 e. The van der Waals surface area contributed by atoms with Gasteiger partial charge >= 0.3 is 0 Å². The molecule has 0 spiro atoms. The Balaban J connectivity index is 2.49. The molecule has 0 unspecified atom stereocenters. The van der Waals surface area contributed by atoms with Gasteiger partial charge in [0.25, 0.3) is 0 Å². The average Bonchev–Trinajstić information content (AvgIpc) is 2.46. The summed E-state index contributed by atoms with van der Waals surface area (Å²) in [5.41, 5.74) is 3.34. The first-order valence-corrected chi connectivity index (χ1v) is 4.38. The Bertz CT molecular complexity index is 417. The molecule has 2 heterocycles. The molecule has 3 nitrogen and oxygen atoms in total. The number of aromatic amines is 1. The summed E-state index contributed by atoms with van der Waals surface area (Å²) in [5.74, 6) is 0. The molecule has 3 heteroatoms. The van der Waals surface area contributed by atoms with Gasteiger partial charge in [-0.3, -0.25) is 0 Å². The maximum atomic E-state index is 4.30. The van der Waals surface area contributed by atoms with Crippen molar-refractivity contribution >= 4 is 11.0 Å². The lowest BCUT2D eigenvalue weighted by Gasteiger charge is -1.91. The third-order valence-corrected chi connectivity index (χ3v) is 2.03. The molecule has 2 aromatic heterocycles. The first-order chi connectivity index (χ1) is 6.29. The van der Waals surface area contributed by atoms with Crippen LogP contribution in [0.2, 0.25) is 0 Å². The third-order valence-electron chi connectivity index (χ3n) is 2.03. The highest BCUT2D eigenvalue weighted by Crippen LogP contribution is 2.13. The van der Waals surface area contributed by atoms with Crippen molar-refractivity contribution in [1.82, 2.24) is 15.3 Å². The number of hydrogen-bond acceptors (Lipinski definition) is 2. The van der Waals surface area contributed by atoms with Crippen LogP contribution in [0.4, 0.5) is 0 Å². The van der Waals surface area contributed by atoms with Gasteiger partial charge in [0.1, 0.15) is 5.65 Å². The fraction of sp³-hybridized carbons (Fsp3) is 0.300. The predicted molar refractivity (Wildman–Crippen MR) is 53.6 cm³/mol. The molecule has 0 atom stereocenters. The van der Waals surface area contributed by atoms with E-state index < -0.39 is 0 Å². The smallest absolute Gasteiger partial charge is 0.137 e. The van der Waals surface area contributed by atoms with Gasteiger partial charge in [-0.05, 0) is 31.7 Å². The maximum absolute atomic E-state index is 4.30. The van der Waals surface area contributed by atoms with Crippen LogP contribution in [-0.4, -0.2) is 17.0 Å². The van der Waals surface area contributed by atoms with E-state index in [4.69, 9.17) is 0 Å². The number of nitrogens with one attached hydrogen (secondary N) is 2. The largest absolute Gasteiger partial charge is 0.342 e. The molecule has 2 rings (SSSR count). The van der Waals surface area contributed by atoms with E-state index in [0.29, 0.717) is 0 Å². The molecule has 0 fully saturated rings. The second-order valence-corrected chi connectivity index (χ2v) is 3.28. The van der Waals surface area contributed by atoms with Gasteiger partial charge in [-0.25, -0.2) is 4.98 Å². The van der Waals surface area contributed by atoms with E-state index in [1.54, 1.807) is 0 Å². The minimum atomic E-state index is 0.857. The van der Waals surface area contributed by atoms with Gasteiger partial charge in [0, 0.05) is 23.8 Å². The zero-order valence-electron chi connectivity index (χ0n) is 7.89. The Kier molecular flexibility index (Phi) is 2.02. The first-order valence-electron chi connectivity index (χ1n) is 4.38. The number of pyridine rings is 1. The van der Waals surface area contributed by atoms with Gasteiger partial charge in [0.05, 0.1) is 0 Å². The first kappa shape index (κ1) is 8.26. The Morgan fingerprint density at radius 1 is 1.46 bits per heavy atom. The van der Waals surface area contributed by atoms with Gasteiger partial charge in [0.15, 0.2) is 0 Å². The molecule has 0 bridgehead atoms. The van der Waals surface area contributed by atoms with Crippen molar-refractivity contribution in [2.24, 2.45) is 0 Å². The second-order valence-electron chi connectivity index (χ2n) is 3.28. The number of aromatic nitrogens is 2. The summed E-state index contributed by atoms with van der Waals surface area (Å²) in [6.07, 6.45) is 1.88. The van der Waals surface area contributed by atoms with Crippen LogP contribution < -0.4 is 5.32 Å². The fourth-order valence-corrected chi connectivity index (χ4v) is 1.47. The maximum Gasteiger partial charge on any atom is 0.137 e. The molecule has 0 aliphatic heterocycles. The van der Waals surface area contributed by atoms with Crippen molar-refractivity contribution in [1.29, 1.82) is 0 Å². The SMILES string of the molecule is CNCc1cc2cc(C)cnc2[nH]1. The highest BCUT2D eigenvalue weighted by atomic mass is 14.9. The molecule has 0 aromatic carbocycles. The van der Waals surface area contributed by atoms with Crippen LogP contribution in [0.5, 0.6) is 0 Å². The standard InChI is InChI=1S/C10H13N3/c1-7-3-8-4-9(6-11-2)13-10(8)12-5-7/h3-5,11H,6H2,1-2H3,(H,12,13). The second kappa shape index (κ2) is 3.18. The predicted octanol–water partition coefficient (Wildman–Crippen LogP) is 1.59. The quantitative estimate of drug-likeness (QED) is 0.727. The number of hydrogen-bond donors (Lipinski definition) is 2. The summed E-state index contributed by atoms with van der Waals surface area (Å²) >= 11 is 0. The highest BCUT2D eigenvalue weighted by molar-refractivity contribution is 5.76. The Morgan fingerprint density at radius 2 is 2.31 bits per heavy atom. The number of fused-ring (bicyclic) bond motifs is 1. The summed E-state index contributed by atoms with van der Waals surface area (Å²) in [6, 6.07) is 4.27. The summed E-state index contributed by atoms with van der Waals surface area (Å²) in [7, 11) is 1.93. The van der Waals surface area contributed by atoms with Crippen molar-refractivity contribution in [2.45, 2.75) is 13.5 Å². The molecule has 13 heavy (non-hydrogen) atoms. The molecule has 0 amide bonds.